The van der Waals surface area contributed by atoms with Crippen LogP contribution < -0.4 is 14.4 Å². The van der Waals surface area contributed by atoms with Crippen LogP contribution >= 0.6 is 0 Å². The quantitative estimate of drug-likeness (QED) is 0.607. The van der Waals surface area contributed by atoms with E-state index >= 15 is 0 Å². The molecule has 0 bridgehead atoms. The molecule has 25 heavy (non-hydrogen) atoms. The van der Waals surface area contributed by atoms with Gasteiger partial charge in [0.05, 0.1) is 6.42 Å². The Bertz CT molecular complexity index is 648. The van der Waals surface area contributed by atoms with Gasteiger partial charge in [0, 0.05) is 19.5 Å². The Labute approximate surface area is 149 Å². The van der Waals surface area contributed by atoms with Crippen LogP contribution in [0.2, 0.25) is 0 Å². The summed E-state index contributed by atoms with van der Waals surface area (Å²) < 4.78 is 42.6. The van der Waals surface area contributed by atoms with Crippen LogP contribution in [0.5, 0.6) is 5.75 Å². The fourth-order valence-electron chi connectivity index (χ4n) is 3.59. The first-order valence-corrected chi connectivity index (χ1v) is 10.6. The lowest BCUT2D eigenvalue weighted by atomic mass is 10.1. The van der Waals surface area contributed by atoms with Crippen LogP contribution in [-0.2, 0) is 10.1 Å². The van der Waals surface area contributed by atoms with Gasteiger partial charge in [-0.25, -0.2) is 9.71 Å². The standard InChI is InChI=1S/C12H14FNO3S.C6H12N/c13-9-3-1-2-4-11(9)17-18(15,16)12-6-8-14-7-5-10(12)14;1-2-4-6-7-5-3-1/h1-4,10,12H,5-8H2;1-6H2/q+1;. The van der Waals surface area contributed by atoms with Gasteiger partial charge in [-0.2, -0.15) is 13.3 Å². The van der Waals surface area contributed by atoms with Gasteiger partial charge in [0.15, 0.2) is 22.9 Å². The number of fused-ring (bicyclic) bond motifs is 1. The largest absolute Gasteiger partial charge is 0.379 e. The minimum absolute atomic E-state index is 0.0572. The number of hydrogen-bond donors (Lipinski definition) is 0. The SMILES string of the molecule is C1CCC[N]CC1.O=S(=O)(Oc1ccccc1F)C1CC[N+]2CCC12. The predicted octanol–water partition coefficient (Wildman–Crippen LogP) is 2.38. The summed E-state index contributed by atoms with van der Waals surface area (Å²) >= 11 is 0. The summed E-state index contributed by atoms with van der Waals surface area (Å²) in [6.07, 6.45) is 6.93. The van der Waals surface area contributed by atoms with Crippen LogP contribution in [0.25, 0.3) is 0 Å². The minimum atomic E-state index is -3.75. The van der Waals surface area contributed by atoms with Gasteiger partial charge in [0.25, 0.3) is 0 Å². The Hall–Kier alpha value is -1.18. The molecule has 138 valence electrons. The van der Waals surface area contributed by atoms with Gasteiger partial charge in [0.2, 0.25) is 0 Å². The minimum Gasteiger partial charge on any atom is -0.379 e. The molecule has 3 aliphatic heterocycles. The third-order valence-corrected chi connectivity index (χ3v) is 6.81. The Balaban J connectivity index is 0.000000219. The van der Waals surface area contributed by atoms with Gasteiger partial charge in [-0.15, -0.1) is 0 Å². The highest BCUT2D eigenvalue weighted by Gasteiger charge is 2.56. The molecule has 7 heteroatoms. The van der Waals surface area contributed by atoms with Crippen molar-refractivity contribution >= 4 is 10.1 Å². The predicted molar refractivity (Wildman–Crippen MR) is 95.0 cm³/mol. The maximum Gasteiger partial charge on any atom is 0.318 e. The lowest BCUT2D eigenvalue weighted by Crippen LogP contribution is -2.53. The van der Waals surface area contributed by atoms with Crippen molar-refractivity contribution in [1.29, 1.82) is 0 Å². The van der Waals surface area contributed by atoms with Crippen molar-refractivity contribution in [3.63, 3.8) is 0 Å². The monoisotopic (exact) mass is 369 g/mol. The van der Waals surface area contributed by atoms with E-state index in [1.165, 1.54) is 43.9 Å². The van der Waals surface area contributed by atoms with Crippen molar-refractivity contribution in [2.24, 2.45) is 0 Å². The average Bonchev–Trinajstić information content (AvgIpc) is 2.76. The van der Waals surface area contributed by atoms with Crippen molar-refractivity contribution in [2.75, 3.05) is 26.2 Å². The normalized spacial score (nSPS) is 26.6. The molecule has 0 saturated carbocycles. The number of nitrogens with zero attached hydrogens (tertiary/aromatic N) is 2. The second-order valence-electron chi connectivity index (χ2n) is 6.81. The van der Waals surface area contributed by atoms with Crippen LogP contribution in [0.3, 0.4) is 0 Å². The van der Waals surface area contributed by atoms with E-state index in [2.05, 4.69) is 10.2 Å². The fourth-order valence-corrected chi connectivity index (χ4v) is 5.19. The van der Waals surface area contributed by atoms with Crippen LogP contribution in [-0.4, -0.2) is 45.9 Å². The summed E-state index contributed by atoms with van der Waals surface area (Å²) in [7, 11) is -3.75. The maximum atomic E-state index is 13.4. The molecule has 3 aliphatic rings. The highest BCUT2D eigenvalue weighted by Crippen LogP contribution is 2.32. The van der Waals surface area contributed by atoms with Crippen LogP contribution in [0.4, 0.5) is 4.39 Å². The molecular formula is C18H26FN2O3S+. The summed E-state index contributed by atoms with van der Waals surface area (Å²) in [6, 6.07) is 5.63. The molecule has 2 radical (unpaired) electrons. The molecule has 2 atom stereocenters. The molecule has 0 amide bonds. The Kier molecular flexibility index (Phi) is 6.30. The highest BCUT2D eigenvalue weighted by molar-refractivity contribution is 7.87. The molecule has 0 aromatic heterocycles. The van der Waals surface area contributed by atoms with E-state index < -0.39 is 21.2 Å². The lowest BCUT2D eigenvalue weighted by molar-refractivity contribution is 0.253. The Morgan fingerprint density at radius 2 is 1.72 bits per heavy atom. The molecule has 3 fully saturated rings. The van der Waals surface area contributed by atoms with Crippen LogP contribution in [0.1, 0.15) is 38.5 Å². The summed E-state index contributed by atoms with van der Waals surface area (Å²) in [6.45, 7) is 3.99. The summed E-state index contributed by atoms with van der Waals surface area (Å²) in [4.78, 5) is 2.13. The fraction of sp³-hybridized carbons (Fsp3) is 0.667. The number of benzene rings is 1. The third kappa shape index (κ3) is 4.71. The highest BCUT2D eigenvalue weighted by atomic mass is 32.2. The van der Waals surface area contributed by atoms with Gasteiger partial charge in [-0.05, 0) is 25.0 Å². The van der Waals surface area contributed by atoms with Crippen LogP contribution in [0.15, 0.2) is 24.3 Å². The average molecular weight is 369 g/mol. The van der Waals surface area contributed by atoms with Gasteiger partial charge < -0.3 is 4.18 Å². The van der Waals surface area contributed by atoms with Gasteiger partial charge in [-0.3, -0.25) is 0 Å². The maximum absolute atomic E-state index is 13.4. The molecule has 4 rings (SSSR count). The number of hydrogen-bond acceptors (Lipinski definition) is 4. The van der Waals surface area contributed by atoms with E-state index in [-0.39, 0.29) is 11.8 Å². The number of halogens is 1. The smallest absolute Gasteiger partial charge is 0.318 e. The zero-order chi connectivity index (χ0) is 17.7. The van der Waals surface area contributed by atoms with Gasteiger partial charge in [0.1, 0.15) is 13.1 Å². The van der Waals surface area contributed by atoms with E-state index in [1.54, 1.807) is 6.07 Å². The van der Waals surface area contributed by atoms with Crippen molar-refractivity contribution in [2.45, 2.75) is 49.8 Å². The molecule has 0 N–H and O–H groups in total. The van der Waals surface area contributed by atoms with Gasteiger partial charge in [-0.1, -0.05) is 25.0 Å². The molecule has 0 aliphatic carbocycles. The summed E-state index contributed by atoms with van der Waals surface area (Å²) in [5.41, 5.74) is 0. The number of rotatable bonds is 3. The first-order valence-electron chi connectivity index (χ1n) is 9.13. The van der Waals surface area contributed by atoms with E-state index in [0.717, 1.165) is 32.6 Å². The molecule has 5 nitrogen and oxygen atoms in total. The van der Waals surface area contributed by atoms with E-state index in [1.807, 2.05) is 0 Å². The van der Waals surface area contributed by atoms with Crippen molar-refractivity contribution in [3.05, 3.63) is 30.1 Å². The van der Waals surface area contributed by atoms with Crippen molar-refractivity contribution in [1.82, 2.24) is 10.2 Å². The molecule has 3 heterocycles. The van der Waals surface area contributed by atoms with E-state index in [4.69, 9.17) is 4.18 Å². The summed E-state index contributed by atoms with van der Waals surface area (Å²) in [5.74, 6) is -0.861. The van der Waals surface area contributed by atoms with E-state index in [0.29, 0.717) is 6.42 Å². The number of para-hydroxylation sites is 1. The van der Waals surface area contributed by atoms with Crippen molar-refractivity contribution < 1.29 is 17.0 Å². The molecular weight excluding hydrogens is 343 g/mol. The zero-order valence-corrected chi connectivity index (χ0v) is 15.3. The van der Waals surface area contributed by atoms with E-state index in [9.17, 15) is 12.8 Å². The lowest BCUT2D eigenvalue weighted by Gasteiger charge is -2.26. The van der Waals surface area contributed by atoms with Crippen LogP contribution in [0, 0.1) is 5.82 Å². The first-order chi connectivity index (χ1) is 12.1. The Morgan fingerprint density at radius 1 is 1.04 bits per heavy atom. The third-order valence-electron chi connectivity index (χ3n) is 5.11. The first kappa shape index (κ1) is 18.6. The van der Waals surface area contributed by atoms with Crippen molar-refractivity contribution in [3.8, 4) is 5.75 Å². The Morgan fingerprint density at radius 3 is 2.32 bits per heavy atom. The second-order valence-corrected chi connectivity index (χ2v) is 8.57. The second kappa shape index (κ2) is 8.47. The van der Waals surface area contributed by atoms with Gasteiger partial charge >= 0.3 is 10.1 Å². The summed E-state index contributed by atoms with van der Waals surface area (Å²) in [5, 5.41) is 3.75. The molecule has 1 aromatic carbocycles. The molecule has 0 spiro atoms. The molecule has 1 aromatic rings. The topological polar surface area (TPSA) is 63.4 Å². The zero-order valence-electron chi connectivity index (χ0n) is 14.4. The molecule has 2 unspecified atom stereocenters. The molecule has 3 saturated heterocycles.